The van der Waals surface area contributed by atoms with E-state index in [1.807, 2.05) is 12.1 Å². The molecule has 7 heteroatoms. The highest BCUT2D eigenvalue weighted by Gasteiger charge is 2.52. The Hall–Kier alpha value is -1.01. The Morgan fingerprint density at radius 1 is 1.39 bits per heavy atom. The lowest BCUT2D eigenvalue weighted by Gasteiger charge is -2.49. The molecule has 0 saturated carbocycles. The second kappa shape index (κ2) is 6.48. The van der Waals surface area contributed by atoms with Crippen LogP contribution in [-0.4, -0.2) is 43.1 Å². The van der Waals surface area contributed by atoms with Gasteiger partial charge < -0.3 is 9.64 Å². The van der Waals surface area contributed by atoms with Crippen LogP contribution in [0.25, 0.3) is 0 Å². The van der Waals surface area contributed by atoms with E-state index in [0.717, 1.165) is 24.5 Å². The molecule has 23 heavy (non-hydrogen) atoms. The van der Waals surface area contributed by atoms with Gasteiger partial charge in [-0.3, -0.25) is 10.3 Å². The van der Waals surface area contributed by atoms with Crippen molar-refractivity contribution in [1.82, 2.24) is 10.4 Å². The van der Waals surface area contributed by atoms with E-state index in [0.29, 0.717) is 16.7 Å². The molecule has 2 bridgehead atoms. The third-order valence-corrected chi connectivity index (χ3v) is 5.37. The minimum atomic E-state index is -0.0914. The second-order valence-corrected chi connectivity index (χ2v) is 6.78. The van der Waals surface area contributed by atoms with Gasteiger partial charge in [-0.1, -0.05) is 11.6 Å². The van der Waals surface area contributed by atoms with Crippen molar-refractivity contribution in [2.24, 2.45) is 10.9 Å². The number of aliphatic imine (C=N–C) groups is 1. The zero-order valence-electron chi connectivity index (χ0n) is 13.0. The number of benzene rings is 1. The smallest absolute Gasteiger partial charge is 0.139 e. The van der Waals surface area contributed by atoms with E-state index >= 15 is 0 Å². The van der Waals surface area contributed by atoms with Gasteiger partial charge in [-0.15, -0.1) is 12.4 Å². The Morgan fingerprint density at radius 3 is 2.83 bits per heavy atom. The highest BCUT2D eigenvalue weighted by atomic mass is 35.5. The molecule has 0 aliphatic carbocycles. The molecule has 1 N–H and O–H groups in total. The molecule has 126 valence electrons. The summed E-state index contributed by atoms with van der Waals surface area (Å²) in [6.07, 6.45) is 3.30. The molecule has 0 radical (unpaired) electrons. The Kier molecular flexibility index (Phi) is 4.74. The van der Waals surface area contributed by atoms with E-state index in [1.165, 1.54) is 25.9 Å². The third-order valence-electron chi connectivity index (χ3n) is 5.06. The van der Waals surface area contributed by atoms with Crippen molar-refractivity contribution in [1.29, 1.82) is 0 Å². The topological polar surface area (TPSA) is 46.1 Å². The first-order chi connectivity index (χ1) is 10.7. The molecule has 1 atom stereocenters. The van der Waals surface area contributed by atoms with Crippen molar-refractivity contribution >= 4 is 35.5 Å². The first kappa shape index (κ1) is 16.8. The maximum atomic E-state index is 6.05. The number of hydroxylamine groups is 1. The van der Waals surface area contributed by atoms with Gasteiger partial charge in [-0.05, 0) is 44.0 Å². The molecule has 4 fully saturated rings. The Balaban J connectivity index is 0.00000156. The van der Waals surface area contributed by atoms with E-state index in [1.54, 1.807) is 13.2 Å². The summed E-state index contributed by atoms with van der Waals surface area (Å²) in [4.78, 5) is 13.2. The molecule has 4 aliphatic heterocycles. The number of hydrogen-bond donors (Lipinski definition) is 1. The molecule has 1 aromatic rings. The highest BCUT2D eigenvalue weighted by Crippen LogP contribution is 2.42. The first-order valence-electron chi connectivity index (χ1n) is 7.76. The fourth-order valence-electron chi connectivity index (χ4n) is 3.89. The summed E-state index contributed by atoms with van der Waals surface area (Å²) >= 11 is 6.05. The Morgan fingerprint density at radius 2 is 2.17 bits per heavy atom. The van der Waals surface area contributed by atoms with E-state index in [-0.39, 0.29) is 18.0 Å². The summed E-state index contributed by atoms with van der Waals surface area (Å²) < 4.78 is 5.24. The second-order valence-electron chi connectivity index (χ2n) is 6.37. The van der Waals surface area contributed by atoms with Crippen molar-refractivity contribution in [3.8, 4) is 5.75 Å². The molecule has 5 nitrogen and oxygen atoms in total. The van der Waals surface area contributed by atoms with Gasteiger partial charge in [0, 0.05) is 19.0 Å². The van der Waals surface area contributed by atoms with Crippen molar-refractivity contribution in [2.45, 2.75) is 24.9 Å². The number of nitrogens with one attached hydrogen (secondary N) is 1. The molecule has 0 amide bonds. The van der Waals surface area contributed by atoms with Gasteiger partial charge in [0.2, 0.25) is 0 Å². The largest absolute Gasteiger partial charge is 0.495 e. The van der Waals surface area contributed by atoms with Crippen LogP contribution in [0.5, 0.6) is 5.75 Å². The van der Waals surface area contributed by atoms with Gasteiger partial charge >= 0.3 is 0 Å². The van der Waals surface area contributed by atoms with Gasteiger partial charge in [-0.2, -0.15) is 0 Å². The van der Waals surface area contributed by atoms with Crippen molar-refractivity contribution < 1.29 is 9.57 Å². The average Bonchev–Trinajstić information content (AvgIpc) is 2.92. The summed E-state index contributed by atoms with van der Waals surface area (Å²) in [7, 11) is 1.61. The number of amidine groups is 1. The molecule has 4 saturated heterocycles. The van der Waals surface area contributed by atoms with Gasteiger partial charge in [0.15, 0.2) is 0 Å². The van der Waals surface area contributed by atoms with Crippen LogP contribution in [0.2, 0.25) is 5.02 Å². The van der Waals surface area contributed by atoms with Crippen LogP contribution in [0.4, 0.5) is 5.69 Å². The molecule has 1 aromatic carbocycles. The molecular formula is C16H21Cl2N3O2. The molecule has 4 heterocycles. The van der Waals surface area contributed by atoms with Crippen molar-refractivity contribution in [2.75, 3.05) is 26.7 Å². The monoisotopic (exact) mass is 357 g/mol. The van der Waals surface area contributed by atoms with E-state index in [9.17, 15) is 0 Å². The molecule has 5 rings (SSSR count). The van der Waals surface area contributed by atoms with Gasteiger partial charge in [0.25, 0.3) is 0 Å². The van der Waals surface area contributed by atoms with E-state index in [2.05, 4.69) is 15.4 Å². The lowest BCUT2D eigenvalue weighted by molar-refractivity contribution is -0.150. The van der Waals surface area contributed by atoms with Gasteiger partial charge in [0.05, 0.1) is 17.8 Å². The van der Waals surface area contributed by atoms with Gasteiger partial charge in [0.1, 0.15) is 17.2 Å². The van der Waals surface area contributed by atoms with Crippen molar-refractivity contribution in [3.05, 3.63) is 23.2 Å². The van der Waals surface area contributed by atoms with Crippen LogP contribution in [0.1, 0.15) is 19.3 Å². The predicted molar refractivity (Wildman–Crippen MR) is 93.1 cm³/mol. The number of rotatable bonds is 2. The normalized spacial score (nSPS) is 33.6. The zero-order chi connectivity index (χ0) is 15.2. The first-order valence-corrected chi connectivity index (χ1v) is 8.14. The Bertz CT molecular complexity index is 617. The summed E-state index contributed by atoms with van der Waals surface area (Å²) in [5.74, 6) is 2.16. The van der Waals surface area contributed by atoms with E-state index in [4.69, 9.17) is 21.2 Å². The minimum Gasteiger partial charge on any atom is -0.495 e. The van der Waals surface area contributed by atoms with Crippen LogP contribution in [0.15, 0.2) is 23.2 Å². The fourth-order valence-corrected chi connectivity index (χ4v) is 4.09. The molecular weight excluding hydrogens is 337 g/mol. The SMILES string of the molecule is COc1cc(N=C2C[C@@]3(CN4CCC3CC4)ON2)ccc1Cl.Cl. The molecule has 0 aromatic heterocycles. The van der Waals surface area contributed by atoms with Crippen LogP contribution in [-0.2, 0) is 4.84 Å². The van der Waals surface area contributed by atoms with Crippen LogP contribution < -0.4 is 10.2 Å². The summed E-state index contributed by atoms with van der Waals surface area (Å²) in [5.41, 5.74) is 3.79. The number of piperidine rings is 3. The predicted octanol–water partition coefficient (Wildman–Crippen LogP) is 3.19. The summed E-state index contributed by atoms with van der Waals surface area (Å²) in [6.45, 7) is 3.42. The van der Waals surface area contributed by atoms with Crippen molar-refractivity contribution in [3.63, 3.8) is 0 Å². The zero-order valence-corrected chi connectivity index (χ0v) is 14.6. The van der Waals surface area contributed by atoms with Crippen LogP contribution in [0.3, 0.4) is 0 Å². The molecule has 0 unspecified atom stereocenters. The van der Waals surface area contributed by atoms with Crippen LogP contribution in [0, 0.1) is 5.92 Å². The highest BCUT2D eigenvalue weighted by molar-refractivity contribution is 6.32. The van der Waals surface area contributed by atoms with Crippen LogP contribution >= 0.6 is 24.0 Å². The quantitative estimate of drug-likeness (QED) is 0.882. The number of methoxy groups -OCH3 is 1. The Labute approximate surface area is 147 Å². The van der Waals surface area contributed by atoms with E-state index < -0.39 is 0 Å². The maximum Gasteiger partial charge on any atom is 0.139 e. The number of nitrogens with zero attached hydrogens (tertiary/aromatic N) is 2. The lowest BCUT2D eigenvalue weighted by atomic mass is 9.74. The third kappa shape index (κ3) is 3.03. The minimum absolute atomic E-state index is 0. The number of ether oxygens (including phenoxy) is 1. The average molecular weight is 358 g/mol. The number of hydrogen-bond acceptors (Lipinski definition) is 4. The summed E-state index contributed by atoms with van der Waals surface area (Å²) in [5, 5.41) is 0.593. The number of halogens is 2. The lowest BCUT2D eigenvalue weighted by Crippen LogP contribution is -2.59. The van der Waals surface area contributed by atoms with Gasteiger partial charge in [-0.25, -0.2) is 4.99 Å². The fraction of sp³-hybridized carbons (Fsp3) is 0.562. The number of fused-ring (bicyclic) bond motifs is 2. The standard InChI is InChI=1S/C16H20ClN3O2.ClH/c1-21-14-8-12(2-3-13(14)17)18-15-9-16(22-19-15)10-20-6-4-11(16)5-7-20;/h2-3,8,11H,4-7,9-10H2,1H3,(H,18,19);1H/t16-;/m0./s1. The maximum absolute atomic E-state index is 6.05. The molecule has 1 spiro atoms. The summed E-state index contributed by atoms with van der Waals surface area (Å²) in [6, 6.07) is 5.54. The molecule has 4 aliphatic rings.